The zero-order valence-electron chi connectivity index (χ0n) is 27.9. The molecule has 8 nitrogen and oxygen atoms in total. The van der Waals surface area contributed by atoms with E-state index in [1.54, 1.807) is 4.90 Å². The Morgan fingerprint density at radius 2 is 1.64 bits per heavy atom. The third-order valence-electron chi connectivity index (χ3n) is 13.7. The van der Waals surface area contributed by atoms with E-state index < -0.39 is 5.97 Å². The summed E-state index contributed by atoms with van der Waals surface area (Å²) in [6, 6.07) is 0. The lowest BCUT2D eigenvalue weighted by Crippen LogP contribution is -2.63. The first-order valence-corrected chi connectivity index (χ1v) is 17.0. The smallest absolute Gasteiger partial charge is 0.306 e. The van der Waals surface area contributed by atoms with E-state index in [9.17, 15) is 24.3 Å². The average molecular weight is 614 g/mol. The number of nitrogens with zero attached hydrogens (tertiary/aromatic N) is 1. The molecule has 6 aliphatic rings. The van der Waals surface area contributed by atoms with Crippen molar-refractivity contribution in [2.24, 2.45) is 57.2 Å². The number of fused-ring (bicyclic) bond motifs is 7. The Hall–Kier alpha value is -2.06. The fourth-order valence-electron chi connectivity index (χ4n) is 11.3. The number of methoxy groups -OCH3 is 1. The second kappa shape index (κ2) is 12.3. The Morgan fingerprint density at radius 3 is 2.27 bits per heavy atom. The zero-order valence-corrected chi connectivity index (χ0v) is 27.9. The number of hydrogen-bond donors (Lipinski definition) is 1. The molecular weight excluding hydrogens is 558 g/mol. The number of aliphatic carboxylic acids is 1. The highest BCUT2D eigenvalue weighted by Crippen LogP contribution is 2.71. The summed E-state index contributed by atoms with van der Waals surface area (Å²) in [4.78, 5) is 50.7. The highest BCUT2D eigenvalue weighted by Gasteiger charge is 2.66. The Balaban J connectivity index is 0.000000296. The van der Waals surface area contributed by atoms with Crippen LogP contribution in [0.15, 0.2) is 11.6 Å². The van der Waals surface area contributed by atoms with Crippen molar-refractivity contribution < 1.29 is 33.8 Å². The summed E-state index contributed by atoms with van der Waals surface area (Å²) in [6.45, 7) is 14.5. The number of amides is 1. The van der Waals surface area contributed by atoms with Crippen LogP contribution in [-0.2, 0) is 28.7 Å². The second-order valence-corrected chi connectivity index (χ2v) is 16.2. The van der Waals surface area contributed by atoms with Crippen molar-refractivity contribution in [2.45, 2.75) is 92.4 Å². The van der Waals surface area contributed by atoms with Gasteiger partial charge < -0.3 is 24.3 Å². The molecule has 8 heteroatoms. The van der Waals surface area contributed by atoms with Crippen molar-refractivity contribution in [3.8, 4) is 0 Å². The van der Waals surface area contributed by atoms with Gasteiger partial charge in [0.05, 0.1) is 19.1 Å². The van der Waals surface area contributed by atoms with Crippen molar-refractivity contribution >= 4 is 23.9 Å². The number of morpholine rings is 1. The minimum absolute atomic E-state index is 0.00703. The van der Waals surface area contributed by atoms with Gasteiger partial charge >= 0.3 is 5.97 Å². The summed E-state index contributed by atoms with van der Waals surface area (Å²) in [6.07, 6.45) is 11.8. The summed E-state index contributed by atoms with van der Waals surface area (Å²) >= 11 is 0. The molecule has 1 amide bonds. The van der Waals surface area contributed by atoms with E-state index in [1.165, 1.54) is 12.7 Å². The van der Waals surface area contributed by atoms with Gasteiger partial charge in [0, 0.05) is 32.0 Å². The van der Waals surface area contributed by atoms with Gasteiger partial charge in [-0.05, 0) is 103 Å². The fraction of sp³-hybridized carbons (Fsp3) is 0.833. The lowest BCUT2D eigenvalue weighted by Gasteiger charge is -2.67. The molecule has 0 aromatic rings. The van der Waals surface area contributed by atoms with Gasteiger partial charge in [-0.25, -0.2) is 0 Å². The third kappa shape index (κ3) is 5.50. The van der Waals surface area contributed by atoms with E-state index in [1.807, 2.05) is 6.08 Å². The number of carbonyl (C=O) groups excluding carboxylic acids is 3. The van der Waals surface area contributed by atoms with Gasteiger partial charge in [0.2, 0.25) is 5.91 Å². The molecule has 1 saturated heterocycles. The summed E-state index contributed by atoms with van der Waals surface area (Å²) in [5.41, 5.74) is 1.20. The number of carboxylic acid groups (broad SMARTS) is 1. The van der Waals surface area contributed by atoms with E-state index in [0.717, 1.165) is 57.7 Å². The maximum atomic E-state index is 14.0. The van der Waals surface area contributed by atoms with Gasteiger partial charge in [0.1, 0.15) is 12.9 Å². The van der Waals surface area contributed by atoms with Gasteiger partial charge in [-0.2, -0.15) is 0 Å². The molecule has 9 atom stereocenters. The minimum atomic E-state index is -0.673. The SMILES string of the molecule is CC12CCC(C(=O)O)CC1C1=CC(=O)C3C(C)(CCC4C(C)(C)C(C=O)CCC43C)C1CC2.COCC(=O)N1CCOCC1. The van der Waals surface area contributed by atoms with Crippen LogP contribution in [0.25, 0.3) is 0 Å². The first-order chi connectivity index (χ1) is 20.7. The number of hydrogen-bond acceptors (Lipinski definition) is 6. The number of aldehydes is 1. The van der Waals surface area contributed by atoms with E-state index in [4.69, 9.17) is 9.47 Å². The molecule has 1 N–H and O–H groups in total. The number of allylic oxidation sites excluding steroid dienone is 2. The van der Waals surface area contributed by atoms with Crippen LogP contribution in [0.4, 0.5) is 0 Å². The summed E-state index contributed by atoms with van der Waals surface area (Å²) in [7, 11) is 1.53. The Morgan fingerprint density at radius 1 is 0.977 bits per heavy atom. The Bertz CT molecular complexity index is 1170. The first kappa shape index (κ1) is 33.3. The maximum Gasteiger partial charge on any atom is 0.306 e. The predicted octanol–water partition coefficient (Wildman–Crippen LogP) is 5.58. The molecule has 0 radical (unpaired) electrons. The van der Waals surface area contributed by atoms with Crippen LogP contribution in [0.2, 0.25) is 0 Å². The second-order valence-electron chi connectivity index (χ2n) is 16.2. The zero-order chi connectivity index (χ0) is 32.1. The monoisotopic (exact) mass is 613 g/mol. The first-order valence-electron chi connectivity index (χ1n) is 17.0. The summed E-state index contributed by atoms with van der Waals surface area (Å²) < 4.78 is 9.82. The van der Waals surface area contributed by atoms with Gasteiger partial charge in [-0.3, -0.25) is 14.4 Å². The normalized spacial score (nSPS) is 42.6. The molecule has 0 aromatic carbocycles. The van der Waals surface area contributed by atoms with Crippen LogP contribution in [0.1, 0.15) is 92.4 Å². The lowest BCUT2D eigenvalue weighted by atomic mass is 9.36. The Kier molecular flexibility index (Phi) is 9.29. The van der Waals surface area contributed by atoms with Crippen LogP contribution in [0, 0.1) is 57.2 Å². The standard InChI is InChI=1S/C29H42O4.C7H13NO3/c1-26(2)18(16-30)7-12-29(5)23(26)9-13-28(4)20-8-11-27(3)10-6-17(25(32)33)14-21(27)19(20)15-22(31)24(28)29;1-10-6-7(9)8-2-4-11-5-3-8/h15-18,20-21,23-24H,6-14H2,1-5H3,(H,32,33);2-6H2,1H3. The van der Waals surface area contributed by atoms with Gasteiger partial charge in [-0.1, -0.05) is 40.2 Å². The number of carboxylic acids is 1. The molecule has 1 heterocycles. The Labute approximate surface area is 263 Å². The summed E-state index contributed by atoms with van der Waals surface area (Å²) in [5, 5.41) is 9.74. The van der Waals surface area contributed by atoms with Crippen LogP contribution in [0.3, 0.4) is 0 Å². The molecule has 44 heavy (non-hydrogen) atoms. The molecule has 246 valence electrons. The number of ketones is 1. The molecule has 1 aliphatic heterocycles. The van der Waals surface area contributed by atoms with Crippen molar-refractivity contribution in [3.63, 3.8) is 0 Å². The van der Waals surface area contributed by atoms with E-state index in [2.05, 4.69) is 34.6 Å². The van der Waals surface area contributed by atoms with Crippen molar-refractivity contribution in [2.75, 3.05) is 40.0 Å². The average Bonchev–Trinajstić information content (AvgIpc) is 2.97. The van der Waals surface area contributed by atoms with E-state index in [0.29, 0.717) is 44.6 Å². The fourth-order valence-corrected chi connectivity index (χ4v) is 11.3. The molecule has 9 unspecified atom stereocenters. The topological polar surface area (TPSA) is 110 Å². The molecular formula is C36H55NO7. The third-order valence-corrected chi connectivity index (χ3v) is 13.7. The molecule has 0 spiro atoms. The van der Waals surface area contributed by atoms with Gasteiger partial charge in [0.25, 0.3) is 0 Å². The van der Waals surface area contributed by atoms with E-state index in [-0.39, 0.29) is 63.6 Å². The number of ether oxygens (including phenoxy) is 2. The van der Waals surface area contributed by atoms with Crippen molar-refractivity contribution in [1.82, 2.24) is 4.90 Å². The molecule has 4 saturated carbocycles. The molecule has 0 bridgehead atoms. The highest BCUT2D eigenvalue weighted by molar-refractivity contribution is 5.95. The quantitative estimate of drug-likeness (QED) is 0.413. The number of rotatable bonds is 4. The van der Waals surface area contributed by atoms with Gasteiger partial charge in [0.15, 0.2) is 5.78 Å². The van der Waals surface area contributed by atoms with Gasteiger partial charge in [-0.15, -0.1) is 0 Å². The largest absolute Gasteiger partial charge is 0.481 e. The summed E-state index contributed by atoms with van der Waals surface area (Å²) in [5.74, 6) is 0.461. The molecule has 5 aliphatic carbocycles. The van der Waals surface area contributed by atoms with Crippen LogP contribution >= 0.6 is 0 Å². The predicted molar refractivity (Wildman–Crippen MR) is 167 cm³/mol. The maximum absolute atomic E-state index is 14.0. The van der Waals surface area contributed by atoms with E-state index >= 15 is 0 Å². The highest BCUT2D eigenvalue weighted by atomic mass is 16.5. The minimum Gasteiger partial charge on any atom is -0.481 e. The lowest BCUT2D eigenvalue weighted by molar-refractivity contribution is -0.177. The number of carbonyl (C=O) groups is 4. The molecule has 5 fully saturated rings. The van der Waals surface area contributed by atoms with Crippen molar-refractivity contribution in [3.05, 3.63) is 11.6 Å². The molecule has 6 rings (SSSR count). The van der Waals surface area contributed by atoms with Crippen LogP contribution < -0.4 is 0 Å². The van der Waals surface area contributed by atoms with Crippen LogP contribution in [0.5, 0.6) is 0 Å². The molecule has 0 aromatic heterocycles. The van der Waals surface area contributed by atoms with Crippen LogP contribution in [-0.4, -0.2) is 74.0 Å². The van der Waals surface area contributed by atoms with Crippen molar-refractivity contribution in [1.29, 1.82) is 0 Å².